The van der Waals surface area contributed by atoms with Crippen molar-refractivity contribution in [2.45, 2.75) is 26.4 Å². The van der Waals surface area contributed by atoms with Gasteiger partial charge in [-0.25, -0.2) is 17.2 Å². The molecule has 1 N–H and O–H groups in total. The van der Waals surface area contributed by atoms with Crippen LogP contribution in [0.2, 0.25) is 0 Å². The van der Waals surface area contributed by atoms with E-state index in [4.69, 9.17) is 4.74 Å². The molecule has 0 radical (unpaired) electrons. The molecule has 1 aromatic rings. The van der Waals surface area contributed by atoms with E-state index in [9.17, 15) is 17.2 Å². The van der Waals surface area contributed by atoms with Crippen LogP contribution in [0, 0.1) is 11.6 Å². The van der Waals surface area contributed by atoms with Crippen LogP contribution in [-0.4, -0.2) is 81.8 Å². The highest BCUT2D eigenvalue weighted by Gasteiger charge is 2.27. The molecule has 0 atom stereocenters. The Morgan fingerprint density at radius 3 is 2.34 bits per heavy atom. The molecule has 1 aliphatic heterocycles. The quantitative estimate of drug-likeness (QED) is 0.497. The summed E-state index contributed by atoms with van der Waals surface area (Å²) in [6.07, 6.45) is 0.443. The van der Waals surface area contributed by atoms with E-state index in [1.807, 2.05) is 18.7 Å². The van der Waals surface area contributed by atoms with Crippen molar-refractivity contribution in [2.75, 3.05) is 52.1 Å². The van der Waals surface area contributed by atoms with Crippen LogP contribution in [0.1, 0.15) is 19.4 Å². The highest BCUT2D eigenvalue weighted by molar-refractivity contribution is 7.89. The maximum atomic E-state index is 13.3. The van der Waals surface area contributed by atoms with E-state index in [0.29, 0.717) is 50.7 Å². The number of benzene rings is 1. The highest BCUT2D eigenvalue weighted by Crippen LogP contribution is 2.10. The molecule has 164 valence electrons. The molecule has 1 heterocycles. The zero-order valence-electron chi connectivity index (χ0n) is 17.2. The summed E-state index contributed by atoms with van der Waals surface area (Å²) in [5, 5.41) is 3.17. The van der Waals surface area contributed by atoms with Gasteiger partial charge in [-0.3, -0.25) is 4.99 Å². The van der Waals surface area contributed by atoms with Gasteiger partial charge in [-0.05, 0) is 38.0 Å². The average Bonchev–Trinajstić information content (AvgIpc) is 2.64. The first kappa shape index (κ1) is 23.5. The van der Waals surface area contributed by atoms with Crippen molar-refractivity contribution in [1.29, 1.82) is 0 Å². The summed E-state index contributed by atoms with van der Waals surface area (Å²) in [6, 6.07) is 3.46. The first-order valence-electron chi connectivity index (χ1n) is 9.71. The molecular formula is C19H30F2N4O3S. The van der Waals surface area contributed by atoms with Crippen LogP contribution in [0.3, 0.4) is 0 Å². The van der Waals surface area contributed by atoms with Crippen molar-refractivity contribution in [2.24, 2.45) is 4.99 Å². The van der Waals surface area contributed by atoms with Crippen LogP contribution in [0.4, 0.5) is 8.78 Å². The Morgan fingerprint density at radius 2 is 1.79 bits per heavy atom. The maximum absolute atomic E-state index is 13.3. The van der Waals surface area contributed by atoms with Crippen molar-refractivity contribution >= 4 is 16.0 Å². The molecule has 1 aromatic carbocycles. The second kappa shape index (κ2) is 10.8. The highest BCUT2D eigenvalue weighted by atomic mass is 32.2. The lowest BCUT2D eigenvalue weighted by molar-refractivity contribution is 0.0904. The Bertz CT molecular complexity index is 774. The number of halogens is 2. The number of guanidine groups is 1. The first-order valence-corrected chi connectivity index (χ1v) is 11.3. The predicted molar refractivity (Wildman–Crippen MR) is 109 cm³/mol. The lowest BCUT2D eigenvalue weighted by Gasteiger charge is -2.35. The van der Waals surface area contributed by atoms with Crippen LogP contribution < -0.4 is 5.32 Å². The lowest BCUT2D eigenvalue weighted by Crippen LogP contribution is -2.54. The molecule has 1 aliphatic rings. The SMILES string of the molecule is CN=C(NCCc1cc(F)cc(F)c1)N1CCN(S(=O)(=O)CCOC(C)C)CC1. The number of nitrogens with one attached hydrogen (secondary N) is 1. The van der Waals surface area contributed by atoms with E-state index in [2.05, 4.69) is 10.3 Å². The first-order chi connectivity index (χ1) is 13.7. The van der Waals surface area contributed by atoms with Gasteiger partial charge < -0.3 is 15.0 Å². The molecule has 7 nitrogen and oxygen atoms in total. The molecule has 0 saturated carbocycles. The molecule has 0 aliphatic carbocycles. The number of piperazine rings is 1. The number of hydrogen-bond donors (Lipinski definition) is 1. The average molecular weight is 433 g/mol. The minimum absolute atomic E-state index is 0.000294. The molecule has 0 aromatic heterocycles. The van der Waals surface area contributed by atoms with Crippen LogP contribution in [0.25, 0.3) is 0 Å². The summed E-state index contributed by atoms with van der Waals surface area (Å²) >= 11 is 0. The van der Waals surface area contributed by atoms with Crippen LogP contribution in [-0.2, 0) is 21.2 Å². The molecule has 2 rings (SSSR count). The van der Waals surface area contributed by atoms with Gasteiger partial charge in [0, 0.05) is 45.8 Å². The second-order valence-corrected chi connectivity index (χ2v) is 9.21. The number of aliphatic imine (C=N–C) groups is 1. The fourth-order valence-corrected chi connectivity index (χ4v) is 4.39. The van der Waals surface area contributed by atoms with Gasteiger partial charge >= 0.3 is 0 Å². The van der Waals surface area contributed by atoms with E-state index in [0.717, 1.165) is 6.07 Å². The smallest absolute Gasteiger partial charge is 0.216 e. The molecule has 1 saturated heterocycles. The van der Waals surface area contributed by atoms with E-state index in [-0.39, 0.29) is 18.5 Å². The normalized spacial score (nSPS) is 16.5. The Labute approximate surface area is 171 Å². The molecule has 0 bridgehead atoms. The number of sulfonamides is 1. The summed E-state index contributed by atoms with van der Waals surface area (Å²) in [7, 11) is -1.70. The minimum Gasteiger partial charge on any atom is -0.378 e. The van der Waals surface area contributed by atoms with E-state index in [1.54, 1.807) is 7.05 Å². The number of ether oxygens (including phenoxy) is 1. The number of rotatable bonds is 8. The van der Waals surface area contributed by atoms with Gasteiger partial charge in [-0.15, -0.1) is 0 Å². The number of hydrogen-bond acceptors (Lipinski definition) is 4. The molecular weight excluding hydrogens is 402 g/mol. The van der Waals surface area contributed by atoms with Gasteiger partial charge in [0.2, 0.25) is 10.0 Å². The largest absolute Gasteiger partial charge is 0.378 e. The van der Waals surface area contributed by atoms with Crippen molar-refractivity contribution in [3.8, 4) is 0 Å². The van der Waals surface area contributed by atoms with E-state index >= 15 is 0 Å². The fraction of sp³-hybridized carbons (Fsp3) is 0.632. The maximum Gasteiger partial charge on any atom is 0.216 e. The van der Waals surface area contributed by atoms with Gasteiger partial charge in [0.25, 0.3) is 0 Å². The minimum atomic E-state index is -3.35. The monoisotopic (exact) mass is 432 g/mol. The summed E-state index contributed by atoms with van der Waals surface area (Å²) < 4.78 is 58.2. The molecule has 1 fully saturated rings. The standard InChI is InChI=1S/C19H30F2N4O3S/c1-15(2)28-10-11-29(26,27)25-8-6-24(7-9-25)19(22-3)23-5-4-16-12-17(20)14-18(21)13-16/h12-15H,4-11H2,1-3H3,(H,22,23). The zero-order chi connectivity index (χ0) is 21.4. The van der Waals surface area contributed by atoms with Crippen molar-refractivity contribution in [3.63, 3.8) is 0 Å². The molecule has 0 unspecified atom stereocenters. The third-order valence-electron chi connectivity index (χ3n) is 4.55. The zero-order valence-corrected chi connectivity index (χ0v) is 18.0. The van der Waals surface area contributed by atoms with E-state index in [1.165, 1.54) is 16.4 Å². The van der Waals surface area contributed by atoms with Crippen molar-refractivity contribution in [3.05, 3.63) is 35.4 Å². The number of nitrogens with zero attached hydrogens (tertiary/aromatic N) is 3. The summed E-state index contributed by atoms with van der Waals surface area (Å²) in [5.74, 6) is -0.578. The summed E-state index contributed by atoms with van der Waals surface area (Å²) in [4.78, 5) is 6.20. The topological polar surface area (TPSA) is 74.2 Å². The molecule has 0 spiro atoms. The third-order valence-corrected chi connectivity index (χ3v) is 6.39. The van der Waals surface area contributed by atoms with Crippen LogP contribution >= 0.6 is 0 Å². The fourth-order valence-electron chi connectivity index (χ4n) is 3.10. The Kier molecular flexibility index (Phi) is 8.79. The lowest BCUT2D eigenvalue weighted by atomic mass is 10.1. The van der Waals surface area contributed by atoms with Crippen LogP contribution in [0.5, 0.6) is 0 Å². The summed E-state index contributed by atoms with van der Waals surface area (Å²) in [5.41, 5.74) is 0.560. The molecule has 10 heteroatoms. The van der Waals surface area contributed by atoms with E-state index < -0.39 is 21.7 Å². The van der Waals surface area contributed by atoms with Crippen molar-refractivity contribution < 1.29 is 21.9 Å². The van der Waals surface area contributed by atoms with Gasteiger partial charge in [0.05, 0.1) is 18.5 Å². The van der Waals surface area contributed by atoms with Crippen LogP contribution in [0.15, 0.2) is 23.2 Å². The van der Waals surface area contributed by atoms with Gasteiger partial charge in [0.1, 0.15) is 11.6 Å². The summed E-state index contributed by atoms with van der Waals surface area (Å²) in [6.45, 7) is 6.16. The Morgan fingerprint density at radius 1 is 1.17 bits per heavy atom. The van der Waals surface area contributed by atoms with Gasteiger partial charge in [-0.2, -0.15) is 4.31 Å². The van der Waals surface area contributed by atoms with Gasteiger partial charge in [0.15, 0.2) is 5.96 Å². The Balaban J connectivity index is 1.80. The molecule has 0 amide bonds. The predicted octanol–water partition coefficient (Wildman–Crippen LogP) is 1.46. The second-order valence-electron chi connectivity index (χ2n) is 7.12. The Hall–Kier alpha value is -1.78. The molecule has 29 heavy (non-hydrogen) atoms. The third kappa shape index (κ3) is 7.52. The van der Waals surface area contributed by atoms with Crippen molar-refractivity contribution in [1.82, 2.24) is 14.5 Å². The van der Waals surface area contributed by atoms with Gasteiger partial charge in [-0.1, -0.05) is 0 Å².